The summed E-state index contributed by atoms with van der Waals surface area (Å²) in [5, 5.41) is 8.73. The number of piperidine rings is 1. The van der Waals surface area contributed by atoms with Crippen LogP contribution in [-0.4, -0.2) is 41.5 Å². The highest BCUT2D eigenvalue weighted by atomic mass is 19.3. The molecular weight excluding hydrogens is 192 g/mol. The minimum absolute atomic E-state index is 0.200. The average molecular weight is 207 g/mol. The van der Waals surface area contributed by atoms with Gasteiger partial charge in [-0.25, -0.2) is 8.78 Å². The molecule has 1 rings (SSSR count). The lowest BCUT2D eigenvalue weighted by molar-refractivity contribution is -0.143. The van der Waals surface area contributed by atoms with Crippen molar-refractivity contribution in [3.05, 3.63) is 0 Å². The van der Waals surface area contributed by atoms with Crippen molar-refractivity contribution in [3.8, 4) is 0 Å². The SMILES string of the molecule is C[C@H](C(=O)O)N1CCC[C@@H](C(F)F)C1. The van der Waals surface area contributed by atoms with E-state index in [0.29, 0.717) is 19.4 Å². The summed E-state index contributed by atoms with van der Waals surface area (Å²) in [5.74, 6) is -1.61. The Morgan fingerprint density at radius 3 is 2.71 bits per heavy atom. The zero-order valence-electron chi connectivity index (χ0n) is 8.12. The van der Waals surface area contributed by atoms with Gasteiger partial charge in [-0.15, -0.1) is 0 Å². The van der Waals surface area contributed by atoms with Gasteiger partial charge in [0, 0.05) is 12.5 Å². The lowest BCUT2D eigenvalue weighted by atomic mass is 9.97. The van der Waals surface area contributed by atoms with Gasteiger partial charge in [0.05, 0.1) is 0 Å². The molecule has 0 saturated carbocycles. The molecule has 3 nitrogen and oxygen atoms in total. The van der Waals surface area contributed by atoms with Crippen LogP contribution in [0.4, 0.5) is 8.78 Å². The van der Waals surface area contributed by atoms with Crippen LogP contribution >= 0.6 is 0 Å². The fraction of sp³-hybridized carbons (Fsp3) is 0.889. The molecule has 1 aliphatic heterocycles. The maximum Gasteiger partial charge on any atom is 0.320 e. The minimum atomic E-state index is -2.33. The quantitative estimate of drug-likeness (QED) is 0.761. The molecule has 0 aromatic heterocycles. The summed E-state index contributed by atoms with van der Waals surface area (Å²) >= 11 is 0. The number of likely N-dealkylation sites (tertiary alicyclic amines) is 1. The molecular formula is C9H15F2NO2. The Bertz CT molecular complexity index is 211. The number of nitrogens with zero attached hydrogens (tertiary/aromatic N) is 1. The van der Waals surface area contributed by atoms with Crippen molar-refractivity contribution in [2.45, 2.75) is 32.2 Å². The van der Waals surface area contributed by atoms with E-state index in [0.717, 1.165) is 0 Å². The van der Waals surface area contributed by atoms with E-state index in [4.69, 9.17) is 5.11 Å². The van der Waals surface area contributed by atoms with E-state index in [1.807, 2.05) is 0 Å². The zero-order chi connectivity index (χ0) is 10.7. The average Bonchev–Trinajstić information content (AvgIpc) is 2.16. The van der Waals surface area contributed by atoms with Gasteiger partial charge in [0.2, 0.25) is 6.43 Å². The number of aliphatic carboxylic acids is 1. The molecule has 14 heavy (non-hydrogen) atoms. The third kappa shape index (κ3) is 2.64. The molecule has 2 atom stereocenters. The largest absolute Gasteiger partial charge is 0.480 e. The summed E-state index contributed by atoms with van der Waals surface area (Å²) in [4.78, 5) is 12.3. The predicted molar refractivity (Wildman–Crippen MR) is 47.4 cm³/mol. The number of alkyl halides is 2. The number of carboxylic acid groups (broad SMARTS) is 1. The molecule has 1 fully saturated rings. The van der Waals surface area contributed by atoms with Crippen molar-refractivity contribution in [1.29, 1.82) is 0 Å². The summed E-state index contributed by atoms with van der Waals surface area (Å²) in [6.07, 6.45) is -1.17. The molecule has 0 amide bonds. The van der Waals surface area contributed by atoms with Crippen molar-refractivity contribution in [2.24, 2.45) is 5.92 Å². The van der Waals surface area contributed by atoms with E-state index in [-0.39, 0.29) is 6.54 Å². The monoisotopic (exact) mass is 207 g/mol. The number of halogens is 2. The molecule has 0 aliphatic carbocycles. The van der Waals surface area contributed by atoms with Gasteiger partial charge in [-0.1, -0.05) is 0 Å². The van der Waals surface area contributed by atoms with Gasteiger partial charge in [0.1, 0.15) is 6.04 Å². The van der Waals surface area contributed by atoms with Crippen molar-refractivity contribution in [2.75, 3.05) is 13.1 Å². The maximum atomic E-state index is 12.4. The first-order valence-electron chi connectivity index (χ1n) is 4.77. The summed E-state index contributed by atoms with van der Waals surface area (Å²) in [6, 6.07) is -0.656. The molecule has 0 unspecified atom stereocenters. The van der Waals surface area contributed by atoms with Crippen LogP contribution in [0.5, 0.6) is 0 Å². The minimum Gasteiger partial charge on any atom is -0.480 e. The molecule has 0 spiro atoms. The molecule has 5 heteroatoms. The molecule has 1 saturated heterocycles. The molecule has 0 radical (unpaired) electrons. The van der Waals surface area contributed by atoms with Crippen LogP contribution in [0.25, 0.3) is 0 Å². The summed E-state index contributed by atoms with van der Waals surface area (Å²) in [7, 11) is 0. The summed E-state index contributed by atoms with van der Waals surface area (Å²) in [5.41, 5.74) is 0. The summed E-state index contributed by atoms with van der Waals surface area (Å²) in [6.45, 7) is 2.35. The van der Waals surface area contributed by atoms with E-state index in [9.17, 15) is 13.6 Å². The zero-order valence-corrected chi connectivity index (χ0v) is 8.12. The second-order valence-corrected chi connectivity index (χ2v) is 3.75. The normalized spacial score (nSPS) is 26.4. The van der Waals surface area contributed by atoms with E-state index in [1.165, 1.54) is 6.92 Å². The Labute approximate surface area is 81.7 Å². The van der Waals surface area contributed by atoms with Crippen LogP contribution in [0.2, 0.25) is 0 Å². The third-order valence-corrected chi connectivity index (χ3v) is 2.75. The molecule has 1 N–H and O–H groups in total. The fourth-order valence-corrected chi connectivity index (χ4v) is 1.75. The highest BCUT2D eigenvalue weighted by molar-refractivity contribution is 5.72. The van der Waals surface area contributed by atoms with Crippen molar-refractivity contribution < 1.29 is 18.7 Å². The Hall–Kier alpha value is -0.710. The van der Waals surface area contributed by atoms with Crippen LogP contribution in [-0.2, 0) is 4.79 Å². The van der Waals surface area contributed by atoms with Crippen molar-refractivity contribution in [1.82, 2.24) is 4.90 Å². The molecule has 0 bridgehead atoms. The molecule has 0 aromatic carbocycles. The molecule has 82 valence electrons. The van der Waals surface area contributed by atoms with Crippen LogP contribution in [0.15, 0.2) is 0 Å². The Kier molecular flexibility index (Phi) is 3.80. The highest BCUT2D eigenvalue weighted by Crippen LogP contribution is 2.23. The first-order valence-corrected chi connectivity index (χ1v) is 4.77. The van der Waals surface area contributed by atoms with Crippen molar-refractivity contribution in [3.63, 3.8) is 0 Å². The molecule has 0 aromatic rings. The Morgan fingerprint density at radius 2 is 2.21 bits per heavy atom. The second kappa shape index (κ2) is 4.68. The van der Waals surface area contributed by atoms with Gasteiger partial charge >= 0.3 is 5.97 Å². The van der Waals surface area contributed by atoms with Gasteiger partial charge in [-0.3, -0.25) is 9.69 Å². The van der Waals surface area contributed by atoms with Crippen molar-refractivity contribution >= 4 is 5.97 Å². The number of carboxylic acids is 1. The predicted octanol–water partition coefficient (Wildman–Crippen LogP) is 1.44. The van der Waals surface area contributed by atoms with Crippen LogP contribution < -0.4 is 0 Å². The lowest BCUT2D eigenvalue weighted by Crippen LogP contribution is -2.46. The van der Waals surface area contributed by atoms with Gasteiger partial charge in [-0.05, 0) is 26.3 Å². The Morgan fingerprint density at radius 1 is 1.57 bits per heavy atom. The van der Waals surface area contributed by atoms with E-state index < -0.39 is 24.4 Å². The number of hydrogen-bond acceptors (Lipinski definition) is 2. The van der Waals surface area contributed by atoms with Crippen LogP contribution in [0.3, 0.4) is 0 Å². The van der Waals surface area contributed by atoms with Gasteiger partial charge in [-0.2, -0.15) is 0 Å². The fourth-order valence-electron chi connectivity index (χ4n) is 1.75. The first kappa shape index (κ1) is 11.4. The standard InChI is InChI=1S/C9H15F2NO2/c1-6(9(13)14)12-4-2-3-7(5-12)8(10)11/h6-8H,2-5H2,1H3,(H,13,14)/t6-,7-/m1/s1. The van der Waals surface area contributed by atoms with Gasteiger partial charge < -0.3 is 5.11 Å². The van der Waals surface area contributed by atoms with E-state index in [1.54, 1.807) is 4.90 Å². The highest BCUT2D eigenvalue weighted by Gasteiger charge is 2.31. The van der Waals surface area contributed by atoms with Gasteiger partial charge in [0.15, 0.2) is 0 Å². The number of carbonyl (C=O) groups is 1. The molecule has 1 heterocycles. The lowest BCUT2D eigenvalue weighted by Gasteiger charge is -2.34. The van der Waals surface area contributed by atoms with E-state index in [2.05, 4.69) is 0 Å². The number of hydrogen-bond donors (Lipinski definition) is 1. The third-order valence-electron chi connectivity index (χ3n) is 2.75. The second-order valence-electron chi connectivity index (χ2n) is 3.75. The maximum absolute atomic E-state index is 12.4. The Balaban J connectivity index is 2.51. The first-order chi connectivity index (χ1) is 6.52. The van der Waals surface area contributed by atoms with Gasteiger partial charge in [0.25, 0.3) is 0 Å². The number of rotatable bonds is 3. The van der Waals surface area contributed by atoms with E-state index >= 15 is 0 Å². The summed E-state index contributed by atoms with van der Waals surface area (Å²) < 4.78 is 24.8. The van der Waals surface area contributed by atoms with Crippen LogP contribution in [0, 0.1) is 5.92 Å². The molecule has 1 aliphatic rings. The van der Waals surface area contributed by atoms with Crippen LogP contribution in [0.1, 0.15) is 19.8 Å². The smallest absolute Gasteiger partial charge is 0.320 e. The topological polar surface area (TPSA) is 40.5 Å².